The van der Waals surface area contributed by atoms with Gasteiger partial charge < -0.3 is 9.64 Å². The quantitative estimate of drug-likeness (QED) is 0.300. The molecule has 7 nitrogen and oxygen atoms in total. The minimum atomic E-state index is -1.21. The number of carbonyl (C=O) groups excluding carboxylic acids is 2. The van der Waals surface area contributed by atoms with Gasteiger partial charge in [0.05, 0.1) is 11.7 Å². The summed E-state index contributed by atoms with van der Waals surface area (Å²) in [5.74, 6) is -0.768. The monoisotopic (exact) mass is 562 g/mol. The van der Waals surface area contributed by atoms with Crippen LogP contribution < -0.4 is 0 Å². The maximum Gasteiger partial charge on any atom is 0.332 e. The molecule has 1 fully saturated rings. The smallest absolute Gasteiger partial charge is 0.332 e. The molecule has 8 heteroatoms. The van der Waals surface area contributed by atoms with Crippen LogP contribution in [0.1, 0.15) is 112 Å². The Hall–Kier alpha value is -3.13. The molecule has 3 heterocycles. The van der Waals surface area contributed by atoms with Crippen molar-refractivity contribution >= 4 is 23.2 Å². The zero-order valence-corrected chi connectivity index (χ0v) is 26.0. The molecule has 3 atom stereocenters. The Labute approximate surface area is 242 Å². The van der Waals surface area contributed by atoms with Gasteiger partial charge in [-0.05, 0) is 75.1 Å². The number of aromatic nitrogens is 3. The third kappa shape index (κ3) is 5.97. The van der Waals surface area contributed by atoms with E-state index in [1.165, 1.54) is 16.9 Å². The molecule has 1 amide bonds. The Kier molecular flexibility index (Phi) is 8.23. The number of benzene rings is 1. The second-order valence-electron chi connectivity index (χ2n) is 13.3. The number of hydrogen-bond donors (Lipinski definition) is 0. The topological polar surface area (TPSA) is 85.3 Å². The Morgan fingerprint density at radius 2 is 1.82 bits per heavy atom. The van der Waals surface area contributed by atoms with Crippen LogP contribution in [0.2, 0.25) is 0 Å². The number of hydrogen-bond acceptors (Lipinski definition) is 7. The molecule has 1 aliphatic heterocycles. The lowest BCUT2D eigenvalue weighted by molar-refractivity contribution is -0.168. The summed E-state index contributed by atoms with van der Waals surface area (Å²) in [5, 5.41) is 2.67. The SMILES string of the molecule is Cc1cc(C(=O)N2[C@@H](c3nccs3)[C@@H](c3cnccn3)C[C@@]2(CC(C)C)C(=O)OC(C)(C)C)ccc1C(C)(C)C. The maximum absolute atomic E-state index is 14.8. The second-order valence-corrected chi connectivity index (χ2v) is 14.3. The molecule has 0 saturated carbocycles. The molecular weight excluding hydrogens is 520 g/mol. The van der Waals surface area contributed by atoms with E-state index in [1.54, 1.807) is 29.7 Å². The number of rotatable bonds is 6. The average Bonchev–Trinajstić information content (AvgIpc) is 3.49. The maximum atomic E-state index is 14.8. The summed E-state index contributed by atoms with van der Waals surface area (Å²) in [7, 11) is 0. The lowest BCUT2D eigenvalue weighted by Crippen LogP contribution is -2.56. The van der Waals surface area contributed by atoms with Crippen molar-refractivity contribution in [1.82, 2.24) is 19.9 Å². The summed E-state index contributed by atoms with van der Waals surface area (Å²) >= 11 is 1.48. The van der Waals surface area contributed by atoms with Crippen LogP contribution in [-0.4, -0.2) is 42.9 Å². The first-order valence-electron chi connectivity index (χ1n) is 14.0. The van der Waals surface area contributed by atoms with Crippen molar-refractivity contribution in [1.29, 1.82) is 0 Å². The Morgan fingerprint density at radius 1 is 1.10 bits per heavy atom. The fraction of sp³-hybridized carbons (Fsp3) is 0.531. The predicted octanol–water partition coefficient (Wildman–Crippen LogP) is 7.04. The van der Waals surface area contributed by atoms with Crippen molar-refractivity contribution in [2.45, 2.75) is 104 Å². The number of ether oxygens (including phenoxy) is 1. The van der Waals surface area contributed by atoms with E-state index >= 15 is 0 Å². The van der Waals surface area contributed by atoms with Crippen LogP contribution >= 0.6 is 11.3 Å². The molecule has 2 aromatic heterocycles. The molecule has 0 spiro atoms. The summed E-state index contributed by atoms with van der Waals surface area (Å²) in [6, 6.07) is 5.37. The van der Waals surface area contributed by atoms with E-state index in [1.807, 2.05) is 51.3 Å². The molecule has 40 heavy (non-hydrogen) atoms. The minimum Gasteiger partial charge on any atom is -0.458 e. The van der Waals surface area contributed by atoms with Crippen molar-refractivity contribution < 1.29 is 14.3 Å². The van der Waals surface area contributed by atoms with Crippen molar-refractivity contribution in [2.24, 2.45) is 5.92 Å². The van der Waals surface area contributed by atoms with E-state index in [0.717, 1.165) is 16.3 Å². The first-order valence-corrected chi connectivity index (χ1v) is 14.9. The number of thiazole rings is 1. The standard InChI is InChI=1S/C32H42N4O3S/c1-20(2)17-32(29(38)39-31(7,8)9)18-23(25-19-33-12-13-34-25)26(27-35-14-15-40-27)36(32)28(37)22-10-11-24(21(3)16-22)30(4,5)6/h10-16,19-20,23,26H,17-18H2,1-9H3/t23-,26-,32+/m1/s1. The third-order valence-electron chi connectivity index (χ3n) is 7.37. The molecule has 3 aromatic rings. The van der Waals surface area contributed by atoms with E-state index in [-0.39, 0.29) is 23.2 Å². The molecule has 0 aliphatic carbocycles. The van der Waals surface area contributed by atoms with Gasteiger partial charge in [0, 0.05) is 41.6 Å². The third-order valence-corrected chi connectivity index (χ3v) is 8.22. The van der Waals surface area contributed by atoms with Gasteiger partial charge in [-0.25, -0.2) is 9.78 Å². The molecule has 1 aliphatic rings. The van der Waals surface area contributed by atoms with Gasteiger partial charge in [-0.15, -0.1) is 11.3 Å². The van der Waals surface area contributed by atoms with Crippen LogP contribution in [0, 0.1) is 12.8 Å². The van der Waals surface area contributed by atoms with E-state index in [9.17, 15) is 9.59 Å². The van der Waals surface area contributed by atoms with Crippen LogP contribution in [0.3, 0.4) is 0 Å². The fourth-order valence-corrected chi connectivity index (χ4v) is 6.84. The van der Waals surface area contributed by atoms with Crippen LogP contribution in [-0.2, 0) is 14.9 Å². The lowest BCUT2D eigenvalue weighted by atomic mass is 9.82. The molecule has 1 saturated heterocycles. The molecule has 0 radical (unpaired) electrons. The van der Waals surface area contributed by atoms with Gasteiger partial charge in [-0.1, -0.05) is 40.7 Å². The fourth-order valence-electron chi connectivity index (χ4n) is 6.04. The van der Waals surface area contributed by atoms with Crippen LogP contribution in [0.5, 0.6) is 0 Å². The molecule has 0 bridgehead atoms. The molecular formula is C32H42N4O3S. The van der Waals surface area contributed by atoms with Gasteiger partial charge in [0.2, 0.25) is 0 Å². The van der Waals surface area contributed by atoms with Gasteiger partial charge in [-0.3, -0.25) is 14.8 Å². The first-order chi connectivity index (χ1) is 18.6. The summed E-state index contributed by atoms with van der Waals surface area (Å²) in [5.41, 5.74) is 1.51. The van der Waals surface area contributed by atoms with E-state index in [4.69, 9.17) is 4.74 Å². The zero-order valence-electron chi connectivity index (χ0n) is 25.2. The van der Waals surface area contributed by atoms with E-state index in [0.29, 0.717) is 18.4 Å². The molecule has 0 unspecified atom stereocenters. The van der Waals surface area contributed by atoms with Crippen molar-refractivity contribution in [3.05, 3.63) is 75.8 Å². The summed E-state index contributed by atoms with van der Waals surface area (Å²) in [6.07, 6.45) is 7.59. The molecule has 1 aromatic carbocycles. The summed E-state index contributed by atoms with van der Waals surface area (Å²) < 4.78 is 6.09. The number of aryl methyl sites for hydroxylation is 1. The van der Waals surface area contributed by atoms with Crippen molar-refractivity contribution in [3.63, 3.8) is 0 Å². The van der Waals surface area contributed by atoms with Crippen LogP contribution in [0.25, 0.3) is 0 Å². The zero-order chi connectivity index (χ0) is 29.5. The largest absolute Gasteiger partial charge is 0.458 e. The number of nitrogens with zero attached hydrogens (tertiary/aromatic N) is 4. The van der Waals surface area contributed by atoms with Crippen molar-refractivity contribution in [3.8, 4) is 0 Å². The highest BCUT2D eigenvalue weighted by Gasteiger charge is 2.61. The lowest BCUT2D eigenvalue weighted by Gasteiger charge is -2.41. The second kappa shape index (κ2) is 11.0. The average molecular weight is 563 g/mol. The van der Waals surface area contributed by atoms with Crippen molar-refractivity contribution in [2.75, 3.05) is 0 Å². The minimum absolute atomic E-state index is 0.0578. The number of amides is 1. The summed E-state index contributed by atoms with van der Waals surface area (Å²) in [4.78, 5) is 44.5. The highest BCUT2D eigenvalue weighted by Crippen LogP contribution is 2.55. The van der Waals surface area contributed by atoms with Gasteiger partial charge in [0.1, 0.15) is 16.1 Å². The van der Waals surface area contributed by atoms with Crippen LogP contribution in [0.15, 0.2) is 48.4 Å². The normalized spacial score (nSPS) is 21.6. The van der Waals surface area contributed by atoms with Gasteiger partial charge in [-0.2, -0.15) is 0 Å². The van der Waals surface area contributed by atoms with E-state index < -0.39 is 23.2 Å². The van der Waals surface area contributed by atoms with Gasteiger partial charge in [0.25, 0.3) is 5.91 Å². The first kappa shape index (κ1) is 29.8. The van der Waals surface area contributed by atoms with Crippen LogP contribution in [0.4, 0.5) is 0 Å². The number of carbonyl (C=O) groups is 2. The number of esters is 1. The van der Waals surface area contributed by atoms with Gasteiger partial charge in [0.15, 0.2) is 0 Å². The highest BCUT2D eigenvalue weighted by molar-refractivity contribution is 7.09. The molecule has 4 rings (SSSR count). The van der Waals surface area contributed by atoms with Gasteiger partial charge >= 0.3 is 5.97 Å². The van der Waals surface area contributed by atoms with E-state index in [2.05, 4.69) is 49.6 Å². The summed E-state index contributed by atoms with van der Waals surface area (Å²) in [6.45, 7) is 18.3. The predicted molar refractivity (Wildman–Crippen MR) is 158 cm³/mol. The Bertz CT molecular complexity index is 1340. The Morgan fingerprint density at radius 3 is 2.35 bits per heavy atom. The molecule has 214 valence electrons. The molecule has 0 N–H and O–H groups in total. The Balaban J connectivity index is 1.96. The highest BCUT2D eigenvalue weighted by atomic mass is 32.1. The number of likely N-dealkylation sites (tertiary alicyclic amines) is 1.